The van der Waals surface area contributed by atoms with E-state index in [0.717, 1.165) is 33.0 Å². The Morgan fingerprint density at radius 1 is 0.714 bits per heavy atom. The van der Waals surface area contributed by atoms with Crippen LogP contribution >= 0.6 is 11.8 Å². The van der Waals surface area contributed by atoms with E-state index in [1.807, 2.05) is 110 Å². The molecule has 0 fully saturated rings. The lowest BCUT2D eigenvalue weighted by Crippen LogP contribution is -2.19. The van der Waals surface area contributed by atoms with Crippen LogP contribution in [0.4, 0.5) is 11.4 Å². The Kier molecular flexibility index (Phi) is 8.01. The van der Waals surface area contributed by atoms with Gasteiger partial charge < -0.3 is 10.6 Å². The molecule has 0 aliphatic heterocycles. The van der Waals surface area contributed by atoms with Gasteiger partial charge in [-0.05, 0) is 72.5 Å². The predicted octanol–water partition coefficient (Wildman–Crippen LogP) is 6.96. The van der Waals surface area contributed by atoms with Gasteiger partial charge in [-0.2, -0.15) is 0 Å². The molecule has 4 nitrogen and oxygen atoms in total. The number of hydrogen-bond acceptors (Lipinski definition) is 3. The van der Waals surface area contributed by atoms with Gasteiger partial charge in [0.25, 0.3) is 0 Å². The second-order valence-corrected chi connectivity index (χ2v) is 9.61. The fourth-order valence-corrected chi connectivity index (χ4v) is 4.69. The highest BCUT2D eigenvalue weighted by molar-refractivity contribution is 8.00. The topological polar surface area (TPSA) is 58.2 Å². The molecule has 35 heavy (non-hydrogen) atoms. The molecule has 4 aromatic carbocycles. The van der Waals surface area contributed by atoms with Crippen LogP contribution in [-0.2, 0) is 16.0 Å². The Labute approximate surface area is 210 Å². The molecule has 176 valence electrons. The van der Waals surface area contributed by atoms with Crippen molar-refractivity contribution in [2.24, 2.45) is 0 Å². The Hall–Kier alpha value is -3.83. The van der Waals surface area contributed by atoms with Gasteiger partial charge in [-0.1, -0.05) is 66.7 Å². The van der Waals surface area contributed by atoms with Gasteiger partial charge in [0.1, 0.15) is 5.25 Å². The van der Waals surface area contributed by atoms with Crippen molar-refractivity contribution in [2.45, 2.75) is 30.4 Å². The van der Waals surface area contributed by atoms with Gasteiger partial charge in [-0.15, -0.1) is 11.8 Å². The van der Waals surface area contributed by atoms with Crippen LogP contribution < -0.4 is 10.6 Å². The molecule has 4 rings (SSSR count). The maximum absolute atomic E-state index is 13.3. The van der Waals surface area contributed by atoms with Crippen molar-refractivity contribution in [1.82, 2.24) is 0 Å². The molecule has 0 saturated carbocycles. The second kappa shape index (κ2) is 11.5. The highest BCUT2D eigenvalue weighted by atomic mass is 32.2. The zero-order valence-electron chi connectivity index (χ0n) is 19.8. The minimum Gasteiger partial charge on any atom is -0.326 e. The number of thioether (sulfide) groups is 1. The van der Waals surface area contributed by atoms with E-state index in [2.05, 4.69) is 17.6 Å². The normalized spacial score (nSPS) is 11.5. The number of carbonyl (C=O) groups is 2. The van der Waals surface area contributed by atoms with E-state index in [9.17, 15) is 9.59 Å². The molecule has 2 amide bonds. The lowest BCUT2D eigenvalue weighted by molar-refractivity contribution is -0.116. The van der Waals surface area contributed by atoms with E-state index in [-0.39, 0.29) is 11.8 Å². The first kappa shape index (κ1) is 24.3. The maximum Gasteiger partial charge on any atom is 0.242 e. The van der Waals surface area contributed by atoms with E-state index >= 15 is 0 Å². The summed E-state index contributed by atoms with van der Waals surface area (Å²) in [5.74, 6) is -0.142. The molecule has 0 heterocycles. The number of rotatable bonds is 8. The van der Waals surface area contributed by atoms with Crippen LogP contribution in [0.3, 0.4) is 0 Å². The van der Waals surface area contributed by atoms with Crippen molar-refractivity contribution in [2.75, 3.05) is 10.6 Å². The number of hydrogen-bond donors (Lipinski definition) is 2. The van der Waals surface area contributed by atoms with Crippen LogP contribution in [0.25, 0.3) is 0 Å². The first-order valence-electron chi connectivity index (χ1n) is 11.5. The maximum atomic E-state index is 13.3. The minimum absolute atomic E-state index is 0.0634. The fraction of sp³-hybridized carbons (Fsp3) is 0.133. The van der Waals surface area contributed by atoms with Crippen LogP contribution in [0.5, 0.6) is 0 Å². The quantitative estimate of drug-likeness (QED) is 0.268. The van der Waals surface area contributed by atoms with Gasteiger partial charge in [-0.25, -0.2) is 0 Å². The number of carbonyl (C=O) groups excluding carboxylic acids is 2. The molecular formula is C30H28N2O2S. The third-order valence-electron chi connectivity index (χ3n) is 5.71. The summed E-state index contributed by atoms with van der Waals surface area (Å²) in [6.45, 7) is 4.09. The zero-order valence-corrected chi connectivity index (χ0v) is 20.6. The lowest BCUT2D eigenvalue weighted by atomic mass is 10.1. The molecule has 4 aromatic rings. The van der Waals surface area contributed by atoms with E-state index in [4.69, 9.17) is 0 Å². The molecule has 1 atom stereocenters. The first-order chi connectivity index (χ1) is 17.0. The summed E-state index contributed by atoms with van der Waals surface area (Å²) in [6.07, 6.45) is 0.325. The second-order valence-electron chi connectivity index (χ2n) is 8.43. The summed E-state index contributed by atoms with van der Waals surface area (Å²) in [6, 6.07) is 33.0. The van der Waals surface area contributed by atoms with Crippen LogP contribution in [0.2, 0.25) is 0 Å². The molecule has 1 unspecified atom stereocenters. The SMILES string of the molecule is Cc1ccc(NC(=O)C(Sc2ccc(NC(=O)Cc3ccccc3)cc2)c2ccccc2)cc1C. The minimum atomic E-state index is -0.420. The smallest absolute Gasteiger partial charge is 0.242 e. The van der Waals surface area contributed by atoms with Gasteiger partial charge in [0.15, 0.2) is 0 Å². The van der Waals surface area contributed by atoms with Gasteiger partial charge >= 0.3 is 0 Å². The highest BCUT2D eigenvalue weighted by Crippen LogP contribution is 2.36. The summed E-state index contributed by atoms with van der Waals surface area (Å²) in [4.78, 5) is 26.6. The van der Waals surface area contributed by atoms with Gasteiger partial charge in [-0.3, -0.25) is 9.59 Å². The van der Waals surface area contributed by atoms with Crippen molar-refractivity contribution in [3.05, 3.63) is 125 Å². The van der Waals surface area contributed by atoms with Crippen molar-refractivity contribution < 1.29 is 9.59 Å². The predicted molar refractivity (Wildman–Crippen MR) is 145 cm³/mol. The Morgan fingerprint density at radius 2 is 1.34 bits per heavy atom. The van der Waals surface area contributed by atoms with Crippen LogP contribution in [0, 0.1) is 13.8 Å². The van der Waals surface area contributed by atoms with Gasteiger partial charge in [0.2, 0.25) is 11.8 Å². The molecule has 0 aliphatic rings. The summed E-state index contributed by atoms with van der Waals surface area (Å²) < 4.78 is 0. The molecular weight excluding hydrogens is 452 g/mol. The standard InChI is InChI=1S/C30H28N2O2S/c1-21-13-14-26(19-22(21)2)32-30(34)29(24-11-7-4-8-12-24)35-27-17-15-25(16-18-27)31-28(33)20-23-9-5-3-6-10-23/h3-19,29H,20H2,1-2H3,(H,31,33)(H,32,34). The average Bonchev–Trinajstić information content (AvgIpc) is 2.87. The van der Waals surface area contributed by atoms with Crippen LogP contribution in [0.15, 0.2) is 108 Å². The van der Waals surface area contributed by atoms with E-state index in [1.165, 1.54) is 17.3 Å². The first-order valence-corrected chi connectivity index (χ1v) is 12.4. The molecule has 5 heteroatoms. The summed E-state index contributed by atoms with van der Waals surface area (Å²) >= 11 is 1.48. The number of anilines is 2. The summed E-state index contributed by atoms with van der Waals surface area (Å²) in [7, 11) is 0. The summed E-state index contributed by atoms with van der Waals surface area (Å²) in [5.41, 5.74) is 5.74. The van der Waals surface area contributed by atoms with Crippen LogP contribution in [-0.4, -0.2) is 11.8 Å². The largest absolute Gasteiger partial charge is 0.326 e. The van der Waals surface area contributed by atoms with E-state index in [0.29, 0.717) is 6.42 Å². The van der Waals surface area contributed by atoms with Crippen molar-refractivity contribution in [3.8, 4) is 0 Å². The molecule has 0 radical (unpaired) electrons. The van der Waals surface area contributed by atoms with E-state index < -0.39 is 5.25 Å². The van der Waals surface area contributed by atoms with Gasteiger partial charge in [0.05, 0.1) is 6.42 Å². The van der Waals surface area contributed by atoms with Crippen LogP contribution in [0.1, 0.15) is 27.5 Å². The molecule has 2 N–H and O–H groups in total. The van der Waals surface area contributed by atoms with Crippen molar-refractivity contribution in [1.29, 1.82) is 0 Å². The van der Waals surface area contributed by atoms with Gasteiger partial charge in [0, 0.05) is 16.3 Å². The number of aryl methyl sites for hydroxylation is 2. The Morgan fingerprint density at radius 3 is 2.00 bits per heavy atom. The average molecular weight is 481 g/mol. The molecule has 0 aliphatic carbocycles. The molecule has 0 bridgehead atoms. The number of benzene rings is 4. The summed E-state index contributed by atoms with van der Waals surface area (Å²) in [5, 5.41) is 5.59. The van der Waals surface area contributed by atoms with E-state index in [1.54, 1.807) is 0 Å². The zero-order chi connectivity index (χ0) is 24.6. The Balaban J connectivity index is 1.45. The number of nitrogens with one attached hydrogen (secondary N) is 2. The lowest BCUT2D eigenvalue weighted by Gasteiger charge is -2.18. The fourth-order valence-electron chi connectivity index (χ4n) is 3.67. The molecule has 0 spiro atoms. The van der Waals surface area contributed by atoms with Crippen molar-refractivity contribution >= 4 is 35.0 Å². The van der Waals surface area contributed by atoms with Crippen molar-refractivity contribution in [3.63, 3.8) is 0 Å². The number of amides is 2. The Bertz CT molecular complexity index is 1290. The highest BCUT2D eigenvalue weighted by Gasteiger charge is 2.22. The monoisotopic (exact) mass is 480 g/mol. The molecule has 0 aromatic heterocycles. The molecule has 0 saturated heterocycles. The third-order valence-corrected chi connectivity index (χ3v) is 6.98. The third kappa shape index (κ3) is 6.84.